The molecule has 2 aromatic rings. The summed E-state index contributed by atoms with van der Waals surface area (Å²) in [7, 11) is 0. The van der Waals surface area contributed by atoms with Crippen LogP contribution >= 0.6 is 0 Å². The summed E-state index contributed by atoms with van der Waals surface area (Å²) >= 11 is 0. The minimum Gasteiger partial charge on any atom is -0.499 e. The number of ether oxygens (including phenoxy) is 3. The summed E-state index contributed by atoms with van der Waals surface area (Å²) in [5, 5.41) is 49.5. The number of aliphatic hydroxyl groups is 4. The maximum atomic E-state index is 12.0. The second-order valence-electron chi connectivity index (χ2n) is 7.06. The fraction of sp³-hybridized carbons (Fsp3) is 0.476. The Balaban J connectivity index is 1.83. The Morgan fingerprint density at radius 1 is 1.13 bits per heavy atom. The van der Waals surface area contributed by atoms with Crippen LogP contribution in [0.3, 0.4) is 0 Å². The van der Waals surface area contributed by atoms with E-state index in [0.29, 0.717) is 11.8 Å². The normalized spacial score (nSPS) is 26.4. The molecule has 5 N–H and O–H groups in total. The molecule has 0 amide bonds. The second-order valence-corrected chi connectivity index (χ2v) is 7.06. The highest BCUT2D eigenvalue weighted by molar-refractivity contribution is 5.86. The molecule has 0 unspecified atom stereocenters. The Morgan fingerprint density at radius 2 is 1.90 bits per heavy atom. The summed E-state index contributed by atoms with van der Waals surface area (Å²) in [6.07, 6.45) is -1.82. The van der Waals surface area contributed by atoms with Crippen molar-refractivity contribution in [2.24, 2.45) is 0 Å². The minimum absolute atomic E-state index is 0.0180. The Hall–Kier alpha value is -2.63. The Kier molecular flexibility index (Phi) is 7.52. The maximum absolute atomic E-state index is 12.0. The highest BCUT2D eigenvalue weighted by atomic mass is 16.7. The van der Waals surface area contributed by atoms with Crippen molar-refractivity contribution in [2.75, 3.05) is 13.2 Å². The van der Waals surface area contributed by atoms with E-state index in [1.54, 1.807) is 0 Å². The van der Waals surface area contributed by atoms with Gasteiger partial charge in [0.15, 0.2) is 5.75 Å². The Bertz CT molecular complexity index is 967. The van der Waals surface area contributed by atoms with Crippen molar-refractivity contribution in [3.8, 4) is 17.2 Å². The van der Waals surface area contributed by atoms with Crippen LogP contribution in [0, 0.1) is 0 Å². The zero-order valence-electron chi connectivity index (χ0n) is 16.9. The summed E-state index contributed by atoms with van der Waals surface area (Å²) in [6.45, 7) is 1.65. The van der Waals surface area contributed by atoms with E-state index in [-0.39, 0.29) is 23.7 Å². The molecule has 10 heteroatoms. The summed E-state index contributed by atoms with van der Waals surface area (Å²) in [5.74, 6) is -0.549. The predicted molar refractivity (Wildman–Crippen MR) is 108 cm³/mol. The fourth-order valence-electron chi connectivity index (χ4n) is 3.17. The Morgan fingerprint density at radius 3 is 2.61 bits per heavy atom. The molecule has 1 aromatic carbocycles. The molecule has 1 fully saturated rings. The largest absolute Gasteiger partial charge is 0.499 e. The molecule has 31 heavy (non-hydrogen) atoms. The molecule has 1 aliphatic rings. The number of aromatic hydroxyl groups is 1. The van der Waals surface area contributed by atoms with E-state index in [1.807, 2.05) is 19.1 Å². The van der Waals surface area contributed by atoms with Crippen LogP contribution in [0.25, 0.3) is 11.0 Å². The van der Waals surface area contributed by atoms with Crippen molar-refractivity contribution >= 4 is 11.0 Å². The first-order valence-electron chi connectivity index (χ1n) is 9.92. The molecule has 0 spiro atoms. The van der Waals surface area contributed by atoms with Gasteiger partial charge in [0.2, 0.25) is 12.0 Å². The Labute approximate surface area is 177 Å². The first-order chi connectivity index (χ1) is 14.9. The van der Waals surface area contributed by atoms with E-state index in [4.69, 9.17) is 18.6 Å². The highest BCUT2D eigenvalue weighted by Crippen LogP contribution is 2.34. The van der Waals surface area contributed by atoms with Gasteiger partial charge < -0.3 is 44.2 Å². The molecule has 10 nitrogen and oxygen atoms in total. The van der Waals surface area contributed by atoms with Crippen LogP contribution in [0.15, 0.2) is 39.6 Å². The lowest BCUT2D eigenvalue weighted by atomic mass is 9.99. The quantitative estimate of drug-likeness (QED) is 0.222. The number of benzene rings is 1. The van der Waals surface area contributed by atoms with Gasteiger partial charge in [-0.3, -0.25) is 0 Å². The van der Waals surface area contributed by atoms with Gasteiger partial charge in [-0.1, -0.05) is 19.1 Å². The molecule has 170 valence electrons. The molecular formula is C21H26O10. The number of rotatable bonds is 8. The topological polar surface area (TPSA) is 159 Å². The van der Waals surface area contributed by atoms with Gasteiger partial charge in [0, 0.05) is 6.07 Å². The van der Waals surface area contributed by atoms with Gasteiger partial charge in [0.05, 0.1) is 18.6 Å². The van der Waals surface area contributed by atoms with Crippen LogP contribution in [0.1, 0.15) is 19.8 Å². The fourth-order valence-corrected chi connectivity index (χ4v) is 3.17. The zero-order chi connectivity index (χ0) is 22.5. The molecule has 0 aliphatic carbocycles. The van der Waals surface area contributed by atoms with Crippen molar-refractivity contribution in [2.45, 2.75) is 50.5 Å². The molecule has 2 heterocycles. The van der Waals surface area contributed by atoms with Crippen LogP contribution in [0.2, 0.25) is 0 Å². The lowest BCUT2D eigenvalue weighted by molar-refractivity contribution is -0.277. The molecule has 0 radical (unpaired) electrons. The average molecular weight is 438 g/mol. The third-order valence-electron chi connectivity index (χ3n) is 4.84. The third-order valence-corrected chi connectivity index (χ3v) is 4.84. The molecule has 3 rings (SSSR count). The summed E-state index contributed by atoms with van der Waals surface area (Å²) in [6, 6.07) is 4.29. The van der Waals surface area contributed by atoms with E-state index >= 15 is 0 Å². The van der Waals surface area contributed by atoms with Gasteiger partial charge >= 0.3 is 5.63 Å². The van der Waals surface area contributed by atoms with E-state index in [1.165, 1.54) is 18.2 Å². The van der Waals surface area contributed by atoms with Gasteiger partial charge in [-0.15, -0.1) is 0 Å². The molecule has 1 saturated heterocycles. The molecular weight excluding hydrogens is 412 g/mol. The number of hydrogen-bond donors (Lipinski definition) is 5. The molecule has 0 bridgehead atoms. The van der Waals surface area contributed by atoms with E-state index in [2.05, 4.69) is 0 Å². The van der Waals surface area contributed by atoms with Crippen molar-refractivity contribution in [3.63, 3.8) is 0 Å². The summed E-state index contributed by atoms with van der Waals surface area (Å²) in [5.41, 5.74) is -0.930. The van der Waals surface area contributed by atoms with Crippen LogP contribution in [0.4, 0.5) is 0 Å². The molecule has 1 aliphatic heterocycles. The van der Waals surface area contributed by atoms with E-state index in [9.17, 15) is 30.3 Å². The van der Waals surface area contributed by atoms with Gasteiger partial charge in [-0.2, -0.15) is 0 Å². The SMILES string of the molecule is CCC=CCCOc1c(O)c(=O)oc2cc(O[C@@H]3O[C@H](CO)[C@@H](O)[C@H](O)[C@H]3O)ccc12. The molecule has 5 atom stereocenters. The predicted octanol–water partition coefficient (Wildman–Crippen LogP) is 0.412. The van der Waals surface area contributed by atoms with E-state index in [0.717, 1.165) is 6.42 Å². The van der Waals surface area contributed by atoms with Crippen LogP contribution in [-0.2, 0) is 4.74 Å². The van der Waals surface area contributed by atoms with Crippen LogP contribution in [0.5, 0.6) is 17.2 Å². The van der Waals surface area contributed by atoms with Crippen molar-refractivity contribution in [1.29, 1.82) is 0 Å². The number of aliphatic hydroxyl groups excluding tert-OH is 4. The number of fused-ring (bicyclic) bond motifs is 1. The van der Waals surface area contributed by atoms with Crippen molar-refractivity contribution in [3.05, 3.63) is 40.8 Å². The van der Waals surface area contributed by atoms with Crippen molar-refractivity contribution < 1.29 is 44.2 Å². The highest BCUT2D eigenvalue weighted by Gasteiger charge is 2.44. The number of hydrogen-bond acceptors (Lipinski definition) is 10. The lowest BCUT2D eigenvalue weighted by Crippen LogP contribution is -2.60. The smallest absolute Gasteiger partial charge is 0.382 e. The van der Waals surface area contributed by atoms with Gasteiger partial charge in [-0.25, -0.2) is 4.79 Å². The molecule has 0 saturated carbocycles. The second kappa shape index (κ2) is 10.1. The maximum Gasteiger partial charge on any atom is 0.382 e. The van der Waals surface area contributed by atoms with E-state index < -0.39 is 48.7 Å². The standard InChI is InChI=1S/C21H26O10/c1-2-3-4-5-8-28-19-12-7-6-11(9-13(12)30-20(27)18(19)26)29-21-17(25)16(24)15(23)14(10-22)31-21/h3-4,6-7,9,14-17,21-26H,2,5,8,10H2,1H3/t14-,15-,16+,17-,21-/m1/s1. The lowest BCUT2D eigenvalue weighted by Gasteiger charge is -2.39. The first kappa shape index (κ1) is 23.0. The number of allylic oxidation sites excluding steroid dienone is 1. The molecule has 1 aromatic heterocycles. The average Bonchev–Trinajstić information content (AvgIpc) is 2.76. The van der Waals surface area contributed by atoms with Crippen LogP contribution in [-0.4, -0.2) is 69.5 Å². The first-order valence-corrected chi connectivity index (χ1v) is 9.92. The third kappa shape index (κ3) is 5.00. The minimum atomic E-state index is -1.59. The van der Waals surface area contributed by atoms with Gasteiger partial charge in [0.1, 0.15) is 35.7 Å². The van der Waals surface area contributed by atoms with Gasteiger partial charge in [0.25, 0.3) is 0 Å². The monoisotopic (exact) mass is 438 g/mol. The zero-order valence-corrected chi connectivity index (χ0v) is 16.9. The summed E-state index contributed by atoms with van der Waals surface area (Å²) in [4.78, 5) is 12.0. The van der Waals surface area contributed by atoms with Crippen molar-refractivity contribution in [1.82, 2.24) is 0 Å². The van der Waals surface area contributed by atoms with Gasteiger partial charge in [-0.05, 0) is 25.0 Å². The summed E-state index contributed by atoms with van der Waals surface area (Å²) < 4.78 is 21.5. The van der Waals surface area contributed by atoms with Crippen LogP contribution < -0.4 is 15.1 Å².